The zero-order valence-electron chi connectivity index (χ0n) is 33.9. The van der Waals surface area contributed by atoms with Gasteiger partial charge in [-0.2, -0.15) is 9.97 Å². The standard InChI is InChI=1S/C55H36N6O2/c1-3-41-44-32-40(28-30-48(44)63-51(41)34(2)52(56)57-50(36-19-9-5-10-20-36)49-33-39-23-13-16-26-47(39)62-49)54-58-53(37-21-11-6-12-22-37)59-55(60-54)61-45-25-15-14-24-42(45)43-31-38(27-29-46(43)61)35-17-7-4-8-18-35/h3-33,56H,1-2H2. The van der Waals surface area contributed by atoms with Crippen LogP contribution in [-0.2, 0) is 0 Å². The first-order valence-electron chi connectivity index (χ1n) is 20.5. The normalized spacial score (nSPS) is 11.8. The van der Waals surface area contributed by atoms with Crippen molar-refractivity contribution >= 4 is 66.9 Å². The predicted molar refractivity (Wildman–Crippen MR) is 255 cm³/mol. The summed E-state index contributed by atoms with van der Waals surface area (Å²) in [6.07, 6.45) is 1.72. The van der Waals surface area contributed by atoms with Gasteiger partial charge in [0.15, 0.2) is 23.2 Å². The minimum absolute atomic E-state index is 0.0756. The molecule has 0 unspecified atom stereocenters. The first-order valence-corrected chi connectivity index (χ1v) is 20.5. The van der Waals surface area contributed by atoms with Crippen LogP contribution in [0.3, 0.4) is 0 Å². The van der Waals surface area contributed by atoms with Crippen molar-refractivity contribution in [2.75, 3.05) is 0 Å². The monoisotopic (exact) mass is 812 g/mol. The molecule has 298 valence electrons. The van der Waals surface area contributed by atoms with Crippen molar-refractivity contribution in [2.45, 2.75) is 0 Å². The fourth-order valence-electron chi connectivity index (χ4n) is 8.23. The molecular formula is C55H36N6O2. The highest BCUT2D eigenvalue weighted by molar-refractivity contribution is 6.28. The first kappa shape index (κ1) is 37.3. The van der Waals surface area contributed by atoms with Gasteiger partial charge in [0.1, 0.15) is 22.6 Å². The molecule has 11 aromatic rings. The van der Waals surface area contributed by atoms with Crippen molar-refractivity contribution in [3.05, 3.63) is 218 Å². The quantitative estimate of drug-likeness (QED) is 0.115. The van der Waals surface area contributed by atoms with E-state index in [-0.39, 0.29) is 5.84 Å². The molecule has 0 bridgehead atoms. The molecule has 63 heavy (non-hydrogen) atoms. The highest BCUT2D eigenvalue weighted by Gasteiger charge is 2.23. The molecule has 0 aliphatic carbocycles. The van der Waals surface area contributed by atoms with Gasteiger partial charge in [0.25, 0.3) is 0 Å². The van der Waals surface area contributed by atoms with Crippen LogP contribution < -0.4 is 0 Å². The molecule has 11 rings (SSSR count). The third-order valence-electron chi connectivity index (χ3n) is 11.3. The van der Waals surface area contributed by atoms with Crippen LogP contribution in [0.2, 0.25) is 0 Å². The molecule has 0 amide bonds. The van der Waals surface area contributed by atoms with Crippen molar-refractivity contribution in [2.24, 2.45) is 4.99 Å². The van der Waals surface area contributed by atoms with Gasteiger partial charge in [-0.05, 0) is 59.7 Å². The number of amidine groups is 1. The van der Waals surface area contributed by atoms with Gasteiger partial charge in [-0.15, -0.1) is 0 Å². The summed E-state index contributed by atoms with van der Waals surface area (Å²) in [5.41, 5.74) is 9.47. The maximum Gasteiger partial charge on any atom is 0.238 e. The fourth-order valence-corrected chi connectivity index (χ4v) is 8.23. The summed E-state index contributed by atoms with van der Waals surface area (Å²) in [6, 6.07) is 60.5. The van der Waals surface area contributed by atoms with Crippen LogP contribution in [0.25, 0.3) is 95.2 Å². The van der Waals surface area contributed by atoms with E-state index in [2.05, 4.69) is 78.4 Å². The maximum absolute atomic E-state index is 9.23. The molecule has 4 aromatic heterocycles. The molecule has 0 radical (unpaired) electrons. The van der Waals surface area contributed by atoms with Crippen molar-refractivity contribution in [3.8, 4) is 39.9 Å². The maximum atomic E-state index is 9.23. The minimum atomic E-state index is -0.0756. The largest absolute Gasteiger partial charge is 0.455 e. The number of fused-ring (bicyclic) bond motifs is 5. The summed E-state index contributed by atoms with van der Waals surface area (Å²) >= 11 is 0. The Labute approximate surface area is 362 Å². The average molecular weight is 813 g/mol. The molecule has 1 N–H and O–H groups in total. The predicted octanol–water partition coefficient (Wildman–Crippen LogP) is 13.6. The molecule has 0 atom stereocenters. The Morgan fingerprint density at radius 1 is 0.556 bits per heavy atom. The van der Waals surface area contributed by atoms with Crippen molar-refractivity contribution in [1.29, 1.82) is 5.41 Å². The van der Waals surface area contributed by atoms with Crippen LogP contribution >= 0.6 is 0 Å². The highest BCUT2D eigenvalue weighted by Crippen LogP contribution is 2.37. The summed E-state index contributed by atoms with van der Waals surface area (Å²) in [7, 11) is 0. The number of nitrogens with one attached hydrogen (secondary N) is 1. The SMILES string of the molecule is C=Cc1c(C(=C)C(=N)N=C(c2ccccc2)c2cc3ccccc3o2)oc2ccc(-c3nc(-c4ccccc4)nc(-n4c5ccccc5c5cc(-c6ccccc6)ccc54)n3)cc12. The van der Waals surface area contributed by atoms with Gasteiger partial charge in [-0.25, -0.2) is 9.98 Å². The topological polar surface area (TPSA) is 106 Å². The number of benzene rings is 7. The van der Waals surface area contributed by atoms with Gasteiger partial charge in [-0.1, -0.05) is 153 Å². The van der Waals surface area contributed by atoms with Gasteiger partial charge in [-0.3, -0.25) is 9.98 Å². The number of furan rings is 2. The summed E-state index contributed by atoms with van der Waals surface area (Å²) in [5, 5.41) is 13.1. The van der Waals surface area contributed by atoms with E-state index in [0.29, 0.717) is 51.5 Å². The van der Waals surface area contributed by atoms with Crippen LogP contribution in [0, 0.1) is 5.41 Å². The molecule has 0 aliphatic rings. The zero-order valence-corrected chi connectivity index (χ0v) is 33.9. The Bertz CT molecular complexity index is 3580. The van der Waals surface area contributed by atoms with Crippen molar-refractivity contribution < 1.29 is 8.83 Å². The number of nitrogens with zero attached hydrogens (tertiary/aromatic N) is 5. The van der Waals surface area contributed by atoms with E-state index in [1.165, 1.54) is 0 Å². The van der Waals surface area contributed by atoms with E-state index >= 15 is 0 Å². The molecule has 0 saturated carbocycles. The molecular weight excluding hydrogens is 777 g/mol. The van der Waals surface area contributed by atoms with Crippen LogP contribution in [-0.4, -0.2) is 31.1 Å². The lowest BCUT2D eigenvalue weighted by Crippen LogP contribution is -2.07. The third kappa shape index (κ3) is 6.63. The molecule has 0 fully saturated rings. The van der Waals surface area contributed by atoms with E-state index in [4.69, 9.17) is 28.8 Å². The summed E-state index contributed by atoms with van der Waals surface area (Å²) < 4.78 is 14.8. The summed E-state index contributed by atoms with van der Waals surface area (Å²) in [5.74, 6) is 2.38. The van der Waals surface area contributed by atoms with Crippen LogP contribution in [0.15, 0.2) is 209 Å². The fraction of sp³-hybridized carbons (Fsp3) is 0. The Hall–Kier alpha value is -8.75. The molecule has 8 heteroatoms. The number of aromatic nitrogens is 4. The summed E-state index contributed by atoms with van der Waals surface area (Å²) in [4.78, 5) is 20.2. The van der Waals surface area contributed by atoms with E-state index in [1.807, 2.05) is 121 Å². The Kier molecular flexibility index (Phi) is 9.09. The van der Waals surface area contributed by atoms with E-state index in [9.17, 15) is 5.41 Å². The number of para-hydroxylation sites is 2. The molecule has 0 saturated heterocycles. The zero-order chi connectivity index (χ0) is 42.4. The number of hydrogen-bond donors (Lipinski definition) is 1. The highest BCUT2D eigenvalue weighted by atomic mass is 16.3. The second-order valence-corrected chi connectivity index (χ2v) is 15.2. The third-order valence-corrected chi connectivity index (χ3v) is 11.3. The smallest absolute Gasteiger partial charge is 0.238 e. The van der Waals surface area contributed by atoms with E-state index in [1.54, 1.807) is 6.08 Å². The molecule has 0 aliphatic heterocycles. The van der Waals surface area contributed by atoms with Gasteiger partial charge in [0.2, 0.25) is 5.95 Å². The van der Waals surface area contributed by atoms with Crippen LogP contribution in [0.4, 0.5) is 0 Å². The van der Waals surface area contributed by atoms with Gasteiger partial charge < -0.3 is 8.83 Å². The van der Waals surface area contributed by atoms with E-state index in [0.717, 1.165) is 66.0 Å². The molecule has 7 aromatic carbocycles. The average Bonchev–Trinajstić information content (AvgIpc) is 4.05. The minimum Gasteiger partial charge on any atom is -0.455 e. The molecule has 8 nitrogen and oxygen atoms in total. The number of aliphatic imine (C=N–C) groups is 1. The molecule has 0 spiro atoms. The van der Waals surface area contributed by atoms with Gasteiger partial charge in [0.05, 0.1) is 16.6 Å². The number of hydrogen-bond acceptors (Lipinski definition) is 6. The first-order chi connectivity index (χ1) is 31.0. The van der Waals surface area contributed by atoms with Crippen LogP contribution in [0.5, 0.6) is 0 Å². The lowest BCUT2D eigenvalue weighted by atomic mass is 10.0. The van der Waals surface area contributed by atoms with Crippen molar-refractivity contribution in [3.63, 3.8) is 0 Å². The lowest BCUT2D eigenvalue weighted by Gasteiger charge is -2.11. The van der Waals surface area contributed by atoms with Gasteiger partial charge in [0, 0.05) is 43.8 Å². The summed E-state index contributed by atoms with van der Waals surface area (Å²) in [6.45, 7) is 8.47. The molecule has 4 heterocycles. The Morgan fingerprint density at radius 2 is 1.19 bits per heavy atom. The van der Waals surface area contributed by atoms with Crippen molar-refractivity contribution in [1.82, 2.24) is 19.5 Å². The van der Waals surface area contributed by atoms with Gasteiger partial charge >= 0.3 is 0 Å². The van der Waals surface area contributed by atoms with Crippen LogP contribution in [0.1, 0.15) is 22.6 Å². The lowest BCUT2D eigenvalue weighted by molar-refractivity contribution is 0.601. The van der Waals surface area contributed by atoms with E-state index < -0.39 is 0 Å². The Balaban J connectivity index is 1.02. The second kappa shape index (κ2) is 15.4. The Morgan fingerprint density at radius 3 is 1.95 bits per heavy atom. The second-order valence-electron chi connectivity index (χ2n) is 15.2. The number of rotatable bonds is 9.